The molecule has 4 rings (SSSR count). The lowest BCUT2D eigenvalue weighted by atomic mass is 10.0. The van der Waals surface area contributed by atoms with E-state index in [2.05, 4.69) is 15.5 Å². The van der Waals surface area contributed by atoms with Crippen molar-refractivity contribution in [3.05, 3.63) is 95.3 Å². The molecule has 8 heteroatoms. The lowest BCUT2D eigenvalue weighted by molar-refractivity contribution is -0.118. The van der Waals surface area contributed by atoms with E-state index in [0.717, 1.165) is 5.56 Å². The predicted octanol–water partition coefficient (Wildman–Crippen LogP) is 4.64. The average Bonchev–Trinajstić information content (AvgIpc) is 3.34. The molecule has 4 aromatic rings. The van der Waals surface area contributed by atoms with Crippen LogP contribution >= 0.6 is 11.6 Å². The van der Waals surface area contributed by atoms with E-state index in [4.69, 9.17) is 20.8 Å². The molecule has 7 nitrogen and oxygen atoms in total. The van der Waals surface area contributed by atoms with Crippen LogP contribution in [0.3, 0.4) is 0 Å². The number of hydrogen-bond donors (Lipinski definition) is 1. The Morgan fingerprint density at radius 1 is 1.00 bits per heavy atom. The molecule has 1 aromatic heterocycles. The van der Waals surface area contributed by atoms with Crippen LogP contribution in [-0.4, -0.2) is 28.5 Å². The van der Waals surface area contributed by atoms with Crippen LogP contribution in [0.5, 0.6) is 5.75 Å². The van der Waals surface area contributed by atoms with Gasteiger partial charge in [-0.3, -0.25) is 9.59 Å². The van der Waals surface area contributed by atoms with Gasteiger partial charge >= 0.3 is 0 Å². The van der Waals surface area contributed by atoms with Gasteiger partial charge in [0.15, 0.2) is 12.4 Å². The molecular weight excluding hydrogens is 418 g/mol. The highest BCUT2D eigenvalue weighted by Gasteiger charge is 2.16. The number of ketones is 1. The summed E-state index contributed by atoms with van der Waals surface area (Å²) in [5.41, 5.74) is 1.90. The van der Waals surface area contributed by atoms with Crippen molar-refractivity contribution in [3.63, 3.8) is 0 Å². The highest BCUT2D eigenvalue weighted by molar-refractivity contribution is 6.31. The zero-order valence-corrected chi connectivity index (χ0v) is 16.9. The number of nitrogens with zero attached hydrogens (tertiary/aromatic N) is 2. The Labute approximate surface area is 182 Å². The first-order valence-corrected chi connectivity index (χ1v) is 9.66. The summed E-state index contributed by atoms with van der Waals surface area (Å²) in [5, 5.41) is 10.6. The molecule has 0 unspecified atom stereocenters. The minimum absolute atomic E-state index is 0.235. The van der Waals surface area contributed by atoms with E-state index in [-0.39, 0.29) is 12.4 Å². The number of benzene rings is 3. The van der Waals surface area contributed by atoms with Crippen molar-refractivity contribution in [1.29, 1.82) is 0 Å². The van der Waals surface area contributed by atoms with Gasteiger partial charge in [0.05, 0.1) is 5.69 Å². The zero-order valence-electron chi connectivity index (χ0n) is 16.1. The fourth-order valence-electron chi connectivity index (χ4n) is 2.89. The Morgan fingerprint density at radius 2 is 1.77 bits per heavy atom. The number of hydrogen-bond acceptors (Lipinski definition) is 6. The Balaban J connectivity index is 1.42. The van der Waals surface area contributed by atoms with E-state index in [0.29, 0.717) is 33.5 Å². The molecule has 0 aliphatic rings. The molecule has 3 aromatic carbocycles. The molecule has 0 aliphatic heterocycles. The molecule has 0 atom stereocenters. The number of halogens is 1. The lowest BCUT2D eigenvalue weighted by Gasteiger charge is -2.12. The van der Waals surface area contributed by atoms with Crippen molar-refractivity contribution in [2.24, 2.45) is 0 Å². The minimum atomic E-state index is -0.412. The number of nitrogens with one attached hydrogen (secondary N) is 1. The number of ether oxygens (including phenoxy) is 1. The van der Waals surface area contributed by atoms with Crippen LogP contribution in [0.25, 0.3) is 11.5 Å². The summed E-state index contributed by atoms with van der Waals surface area (Å²) in [5.74, 6) is 0.235. The SMILES string of the molecule is O=C(COc1ccc(-c2nnco2)cc1)Nc1ccc(Cl)cc1C(=O)c1ccccc1. The number of carbonyl (C=O) groups excluding carboxylic acids is 2. The molecule has 154 valence electrons. The van der Waals surface area contributed by atoms with E-state index in [1.54, 1.807) is 60.7 Å². The smallest absolute Gasteiger partial charge is 0.262 e. The van der Waals surface area contributed by atoms with Gasteiger partial charge in [0.2, 0.25) is 12.3 Å². The first-order chi connectivity index (χ1) is 15.1. The summed E-state index contributed by atoms with van der Waals surface area (Å²) in [6.07, 6.45) is 1.25. The van der Waals surface area contributed by atoms with Crippen molar-refractivity contribution in [1.82, 2.24) is 10.2 Å². The summed E-state index contributed by atoms with van der Waals surface area (Å²) < 4.78 is 10.7. The summed E-state index contributed by atoms with van der Waals surface area (Å²) in [6, 6.07) is 20.4. The minimum Gasteiger partial charge on any atom is -0.484 e. The Hall–Kier alpha value is -3.97. The second-order valence-corrected chi connectivity index (χ2v) is 6.93. The van der Waals surface area contributed by atoms with Gasteiger partial charge in [-0.2, -0.15) is 0 Å². The van der Waals surface area contributed by atoms with Crippen LogP contribution in [0, 0.1) is 0 Å². The van der Waals surface area contributed by atoms with Crippen molar-refractivity contribution in [2.75, 3.05) is 11.9 Å². The maximum absolute atomic E-state index is 12.9. The van der Waals surface area contributed by atoms with Crippen LogP contribution < -0.4 is 10.1 Å². The highest BCUT2D eigenvalue weighted by Crippen LogP contribution is 2.24. The molecule has 0 radical (unpaired) electrons. The molecule has 1 N–H and O–H groups in total. The van der Waals surface area contributed by atoms with Crippen molar-refractivity contribution in [3.8, 4) is 17.2 Å². The second kappa shape index (κ2) is 9.23. The number of carbonyl (C=O) groups is 2. The van der Waals surface area contributed by atoms with Crippen LogP contribution in [0.1, 0.15) is 15.9 Å². The Kier molecular flexibility index (Phi) is 6.05. The third-order valence-electron chi connectivity index (χ3n) is 4.37. The zero-order chi connectivity index (χ0) is 21.6. The van der Waals surface area contributed by atoms with Crippen molar-refractivity contribution in [2.45, 2.75) is 0 Å². The van der Waals surface area contributed by atoms with Crippen LogP contribution in [-0.2, 0) is 4.79 Å². The summed E-state index contributed by atoms with van der Waals surface area (Å²) in [6.45, 7) is -0.235. The van der Waals surface area contributed by atoms with E-state index in [1.807, 2.05) is 6.07 Å². The lowest BCUT2D eigenvalue weighted by Crippen LogP contribution is -2.21. The molecular formula is C23H16ClN3O4. The molecule has 31 heavy (non-hydrogen) atoms. The predicted molar refractivity (Wildman–Crippen MR) is 115 cm³/mol. The Morgan fingerprint density at radius 3 is 2.48 bits per heavy atom. The van der Waals surface area contributed by atoms with Gasteiger partial charge in [-0.1, -0.05) is 41.9 Å². The normalized spacial score (nSPS) is 10.5. The first-order valence-electron chi connectivity index (χ1n) is 9.29. The van der Waals surface area contributed by atoms with Gasteiger partial charge < -0.3 is 14.5 Å². The average molecular weight is 434 g/mol. The van der Waals surface area contributed by atoms with Crippen LogP contribution in [0.2, 0.25) is 5.02 Å². The maximum atomic E-state index is 12.9. The third kappa shape index (κ3) is 4.96. The Bertz CT molecular complexity index is 1190. The summed E-state index contributed by atoms with van der Waals surface area (Å²) in [7, 11) is 0. The van der Waals surface area contributed by atoms with E-state index in [9.17, 15) is 9.59 Å². The molecule has 1 amide bonds. The van der Waals surface area contributed by atoms with Crippen LogP contribution in [0.15, 0.2) is 83.6 Å². The largest absolute Gasteiger partial charge is 0.484 e. The standard InChI is InChI=1S/C23H16ClN3O4/c24-17-8-11-20(19(12-17)22(29)15-4-2-1-3-5-15)26-21(28)13-30-18-9-6-16(7-10-18)23-27-25-14-31-23/h1-12,14H,13H2,(H,26,28). The highest BCUT2D eigenvalue weighted by atomic mass is 35.5. The first kappa shape index (κ1) is 20.3. The monoisotopic (exact) mass is 433 g/mol. The topological polar surface area (TPSA) is 94.3 Å². The van der Waals surface area contributed by atoms with Crippen molar-refractivity contribution >= 4 is 29.0 Å². The number of anilines is 1. The van der Waals surface area contributed by atoms with E-state index in [1.165, 1.54) is 12.5 Å². The fourth-order valence-corrected chi connectivity index (χ4v) is 3.06. The van der Waals surface area contributed by atoms with E-state index < -0.39 is 5.91 Å². The summed E-state index contributed by atoms with van der Waals surface area (Å²) >= 11 is 6.07. The quantitative estimate of drug-likeness (QED) is 0.427. The number of amides is 1. The van der Waals surface area contributed by atoms with Gasteiger partial charge in [-0.15, -0.1) is 10.2 Å². The molecule has 0 bridgehead atoms. The fraction of sp³-hybridized carbons (Fsp3) is 0.0435. The van der Waals surface area contributed by atoms with Gasteiger partial charge in [-0.25, -0.2) is 0 Å². The van der Waals surface area contributed by atoms with Gasteiger partial charge in [0.1, 0.15) is 5.75 Å². The molecule has 1 heterocycles. The van der Waals surface area contributed by atoms with Crippen LogP contribution in [0.4, 0.5) is 5.69 Å². The van der Waals surface area contributed by atoms with Gasteiger partial charge in [0.25, 0.3) is 5.91 Å². The van der Waals surface area contributed by atoms with E-state index >= 15 is 0 Å². The molecule has 0 aliphatic carbocycles. The second-order valence-electron chi connectivity index (χ2n) is 6.49. The number of aromatic nitrogens is 2. The molecule has 0 saturated carbocycles. The molecule has 0 spiro atoms. The maximum Gasteiger partial charge on any atom is 0.262 e. The third-order valence-corrected chi connectivity index (χ3v) is 4.60. The summed E-state index contributed by atoms with van der Waals surface area (Å²) in [4.78, 5) is 25.3. The number of rotatable bonds is 7. The molecule has 0 saturated heterocycles. The van der Waals surface area contributed by atoms with Crippen molar-refractivity contribution < 1.29 is 18.7 Å². The van der Waals surface area contributed by atoms with Gasteiger partial charge in [0, 0.05) is 21.7 Å². The molecule has 0 fully saturated rings. The van der Waals surface area contributed by atoms with Gasteiger partial charge in [-0.05, 0) is 42.5 Å².